The summed E-state index contributed by atoms with van der Waals surface area (Å²) in [5, 5.41) is 11.1. The summed E-state index contributed by atoms with van der Waals surface area (Å²) in [4.78, 5) is 22.0. The van der Waals surface area contributed by atoms with Crippen LogP contribution >= 0.6 is 0 Å². The van der Waals surface area contributed by atoms with Gasteiger partial charge in [0, 0.05) is 19.2 Å². The molecule has 0 fully saturated rings. The number of nitrogens with one attached hydrogen (secondary N) is 1. The van der Waals surface area contributed by atoms with Gasteiger partial charge in [0.1, 0.15) is 9.84 Å². The van der Waals surface area contributed by atoms with Gasteiger partial charge in [-0.05, 0) is 13.8 Å². The molecule has 2 N–H and O–H groups in total. The molecule has 0 aliphatic heterocycles. The van der Waals surface area contributed by atoms with Crippen LogP contribution in [-0.2, 0) is 19.4 Å². The number of hydrogen-bond acceptors (Lipinski definition) is 4. The lowest BCUT2D eigenvalue weighted by Crippen LogP contribution is -2.35. The molecule has 0 aliphatic carbocycles. The molecule has 6 nitrogen and oxygen atoms in total. The Kier molecular flexibility index (Phi) is 4.92. The van der Waals surface area contributed by atoms with E-state index in [0.717, 1.165) is 6.26 Å². The van der Waals surface area contributed by atoms with Crippen LogP contribution in [-0.4, -0.2) is 44.0 Å². The van der Waals surface area contributed by atoms with E-state index in [-0.39, 0.29) is 18.7 Å². The Morgan fingerprint density at radius 1 is 1.31 bits per heavy atom. The number of carboxylic acid groups (broad SMARTS) is 1. The highest BCUT2D eigenvalue weighted by Crippen LogP contribution is 2.19. The van der Waals surface area contributed by atoms with Gasteiger partial charge in [-0.25, -0.2) is 8.42 Å². The van der Waals surface area contributed by atoms with Crippen molar-refractivity contribution in [3.63, 3.8) is 0 Å². The Labute approximate surface area is 95.0 Å². The molecule has 1 amide bonds. The van der Waals surface area contributed by atoms with Crippen LogP contribution in [0.2, 0.25) is 0 Å². The average molecular weight is 251 g/mol. The lowest BCUT2D eigenvalue weighted by Gasteiger charge is -2.17. The molecule has 16 heavy (non-hydrogen) atoms. The third-order valence-electron chi connectivity index (χ3n) is 1.98. The summed E-state index contributed by atoms with van der Waals surface area (Å²) in [6.45, 7) is 2.88. The van der Waals surface area contributed by atoms with Crippen LogP contribution in [0.4, 0.5) is 0 Å². The fraction of sp³-hybridized carbons (Fsp3) is 0.778. The number of aliphatic carboxylic acids is 1. The Balaban J connectivity index is 4.07. The summed E-state index contributed by atoms with van der Waals surface area (Å²) >= 11 is 0. The van der Waals surface area contributed by atoms with E-state index in [1.165, 1.54) is 13.8 Å². The Morgan fingerprint density at radius 2 is 1.81 bits per heavy atom. The molecule has 0 aromatic rings. The number of carbonyl (C=O) groups is 2. The molecular weight excluding hydrogens is 234 g/mol. The molecule has 0 unspecified atom stereocenters. The maximum Gasteiger partial charge on any atom is 0.309 e. The molecule has 0 bridgehead atoms. The zero-order valence-electron chi connectivity index (χ0n) is 9.61. The molecule has 0 aliphatic rings. The van der Waals surface area contributed by atoms with Crippen LogP contribution in [0.25, 0.3) is 0 Å². The minimum absolute atomic E-state index is 0.00731. The van der Waals surface area contributed by atoms with Crippen molar-refractivity contribution in [1.82, 2.24) is 5.32 Å². The molecule has 0 heterocycles. The van der Waals surface area contributed by atoms with Crippen molar-refractivity contribution >= 4 is 21.7 Å². The van der Waals surface area contributed by atoms with Gasteiger partial charge in [-0.3, -0.25) is 9.59 Å². The van der Waals surface area contributed by atoms with Crippen molar-refractivity contribution in [2.75, 3.05) is 18.6 Å². The number of hydrogen-bond donors (Lipinski definition) is 2. The van der Waals surface area contributed by atoms with Gasteiger partial charge in [0.2, 0.25) is 5.91 Å². The van der Waals surface area contributed by atoms with Crippen LogP contribution in [0, 0.1) is 5.41 Å². The van der Waals surface area contributed by atoms with Gasteiger partial charge in [-0.15, -0.1) is 0 Å². The summed E-state index contributed by atoms with van der Waals surface area (Å²) in [7, 11) is -3.11. The van der Waals surface area contributed by atoms with Gasteiger partial charge in [-0.1, -0.05) is 0 Å². The van der Waals surface area contributed by atoms with E-state index in [0.29, 0.717) is 0 Å². The van der Waals surface area contributed by atoms with Crippen LogP contribution in [0.15, 0.2) is 0 Å². The first-order valence-electron chi connectivity index (χ1n) is 4.72. The molecule has 7 heteroatoms. The van der Waals surface area contributed by atoms with Gasteiger partial charge in [0.25, 0.3) is 0 Å². The Bertz CT molecular complexity index is 371. The number of carbonyl (C=O) groups excluding carboxylic acids is 1. The summed E-state index contributed by atoms with van der Waals surface area (Å²) < 4.78 is 21.5. The van der Waals surface area contributed by atoms with Crippen LogP contribution < -0.4 is 5.32 Å². The number of sulfone groups is 1. The lowest BCUT2D eigenvalue weighted by molar-refractivity contribution is -0.149. The predicted molar refractivity (Wildman–Crippen MR) is 58.8 cm³/mol. The molecule has 94 valence electrons. The molecule has 0 saturated heterocycles. The highest BCUT2D eigenvalue weighted by Gasteiger charge is 2.29. The van der Waals surface area contributed by atoms with Gasteiger partial charge in [0.05, 0.1) is 11.2 Å². The minimum atomic E-state index is -3.11. The van der Waals surface area contributed by atoms with E-state index in [9.17, 15) is 18.0 Å². The predicted octanol–water partition coefficient (Wildman–Crippen LogP) is -0.352. The number of amides is 1. The van der Waals surface area contributed by atoms with E-state index in [1.807, 2.05) is 0 Å². The highest BCUT2D eigenvalue weighted by atomic mass is 32.2. The molecule has 0 rings (SSSR count). The fourth-order valence-electron chi connectivity index (χ4n) is 0.915. The van der Waals surface area contributed by atoms with Crippen molar-refractivity contribution < 1.29 is 23.1 Å². The topological polar surface area (TPSA) is 101 Å². The maximum absolute atomic E-state index is 11.3. The summed E-state index contributed by atoms with van der Waals surface area (Å²) in [5.74, 6) is -1.67. The normalized spacial score (nSPS) is 12.2. The van der Waals surface area contributed by atoms with Crippen molar-refractivity contribution in [1.29, 1.82) is 0 Å². The Hall–Kier alpha value is -1.11. The van der Waals surface area contributed by atoms with E-state index in [1.54, 1.807) is 0 Å². The number of carboxylic acids is 1. The van der Waals surface area contributed by atoms with Crippen LogP contribution in [0.3, 0.4) is 0 Å². The highest BCUT2D eigenvalue weighted by molar-refractivity contribution is 7.90. The zero-order chi connectivity index (χ0) is 13.0. The van der Waals surface area contributed by atoms with Gasteiger partial charge in [0.15, 0.2) is 0 Å². The quantitative estimate of drug-likeness (QED) is 0.672. The summed E-state index contributed by atoms with van der Waals surface area (Å²) in [6.07, 6.45) is 0.895. The van der Waals surface area contributed by atoms with Gasteiger partial charge in [-0.2, -0.15) is 0 Å². The minimum Gasteiger partial charge on any atom is -0.481 e. The van der Waals surface area contributed by atoms with Crippen LogP contribution in [0.1, 0.15) is 20.3 Å². The maximum atomic E-state index is 11.3. The molecule has 0 aromatic carbocycles. The van der Waals surface area contributed by atoms with Crippen LogP contribution in [0.5, 0.6) is 0 Å². The third kappa shape index (κ3) is 6.39. The first-order chi connectivity index (χ1) is 7.04. The lowest BCUT2D eigenvalue weighted by atomic mass is 9.89. The first kappa shape index (κ1) is 14.9. The monoisotopic (exact) mass is 251 g/mol. The molecule has 0 radical (unpaired) electrons. The molecule has 0 aromatic heterocycles. The first-order valence-corrected chi connectivity index (χ1v) is 6.78. The molecule has 0 spiro atoms. The SMILES string of the molecule is CC(C)(CC(=O)NCCS(C)(=O)=O)C(=O)O. The van der Waals surface area contributed by atoms with Crippen molar-refractivity contribution in [2.24, 2.45) is 5.41 Å². The van der Waals surface area contributed by atoms with E-state index >= 15 is 0 Å². The summed E-state index contributed by atoms with van der Waals surface area (Å²) in [6, 6.07) is 0. The van der Waals surface area contributed by atoms with E-state index < -0.39 is 27.1 Å². The standard InChI is InChI=1S/C9H17NO5S/c1-9(2,8(12)13)6-7(11)10-4-5-16(3,14)15/h4-6H2,1-3H3,(H,10,11)(H,12,13). The van der Waals surface area contributed by atoms with Gasteiger partial charge < -0.3 is 10.4 Å². The summed E-state index contributed by atoms with van der Waals surface area (Å²) in [5.41, 5.74) is -1.14. The second-order valence-electron chi connectivity index (χ2n) is 4.35. The largest absolute Gasteiger partial charge is 0.481 e. The average Bonchev–Trinajstić information content (AvgIpc) is 1.99. The fourth-order valence-corrected chi connectivity index (χ4v) is 1.39. The zero-order valence-corrected chi connectivity index (χ0v) is 10.4. The van der Waals surface area contributed by atoms with E-state index in [4.69, 9.17) is 5.11 Å². The van der Waals surface area contributed by atoms with Crippen molar-refractivity contribution in [3.8, 4) is 0 Å². The van der Waals surface area contributed by atoms with Gasteiger partial charge >= 0.3 is 5.97 Å². The molecule has 0 saturated carbocycles. The molecular formula is C9H17NO5S. The number of rotatable bonds is 6. The second-order valence-corrected chi connectivity index (χ2v) is 6.61. The van der Waals surface area contributed by atoms with Crippen molar-refractivity contribution in [3.05, 3.63) is 0 Å². The molecule has 0 atom stereocenters. The second kappa shape index (κ2) is 5.29. The smallest absolute Gasteiger partial charge is 0.309 e. The van der Waals surface area contributed by atoms with Crippen molar-refractivity contribution in [2.45, 2.75) is 20.3 Å². The third-order valence-corrected chi connectivity index (χ3v) is 2.92. The van der Waals surface area contributed by atoms with E-state index in [2.05, 4.69) is 5.32 Å². The Morgan fingerprint density at radius 3 is 2.19 bits per heavy atom.